The molecule has 0 spiro atoms. The Morgan fingerprint density at radius 2 is 1.79 bits per heavy atom. The molecule has 38 heavy (non-hydrogen) atoms. The van der Waals surface area contributed by atoms with E-state index in [0.717, 1.165) is 23.1 Å². The fraction of sp³-hybridized carbons (Fsp3) is 0.379. The lowest BCUT2D eigenvalue weighted by molar-refractivity contribution is -0.133. The Labute approximate surface area is 229 Å². The molecule has 2 aromatic carbocycles. The van der Waals surface area contributed by atoms with Crippen LogP contribution in [0.3, 0.4) is 0 Å². The summed E-state index contributed by atoms with van der Waals surface area (Å²) in [4.78, 5) is 28.5. The predicted molar refractivity (Wildman–Crippen MR) is 152 cm³/mol. The van der Waals surface area contributed by atoms with Gasteiger partial charge in [-0.2, -0.15) is 4.31 Å². The maximum Gasteiger partial charge on any atom is 0.243 e. The Morgan fingerprint density at radius 3 is 2.45 bits per heavy atom. The molecule has 1 atom stereocenters. The van der Waals surface area contributed by atoms with Crippen molar-refractivity contribution in [3.05, 3.63) is 81.5 Å². The van der Waals surface area contributed by atoms with Gasteiger partial charge in [-0.15, -0.1) is 11.3 Å². The van der Waals surface area contributed by atoms with Crippen molar-refractivity contribution in [1.82, 2.24) is 9.21 Å². The highest BCUT2D eigenvalue weighted by Gasteiger charge is 2.36. The molecule has 0 saturated carbocycles. The van der Waals surface area contributed by atoms with Gasteiger partial charge in [-0.1, -0.05) is 38.1 Å². The van der Waals surface area contributed by atoms with Gasteiger partial charge in [0.2, 0.25) is 21.8 Å². The first-order chi connectivity index (χ1) is 18.1. The molecule has 0 fully saturated rings. The van der Waals surface area contributed by atoms with Crippen molar-refractivity contribution >= 4 is 38.9 Å². The first-order valence-corrected chi connectivity index (χ1v) is 15.2. The van der Waals surface area contributed by atoms with E-state index in [1.54, 1.807) is 23.5 Å². The molecule has 7 nitrogen and oxygen atoms in total. The Bertz CT molecular complexity index is 1400. The van der Waals surface area contributed by atoms with E-state index >= 15 is 0 Å². The van der Waals surface area contributed by atoms with Gasteiger partial charge in [0, 0.05) is 30.6 Å². The minimum atomic E-state index is -3.94. The van der Waals surface area contributed by atoms with Crippen LogP contribution >= 0.6 is 11.3 Å². The molecule has 1 aliphatic rings. The third-order valence-electron chi connectivity index (χ3n) is 6.85. The molecule has 1 N–H and O–H groups in total. The molecule has 0 aliphatic carbocycles. The number of nitrogens with one attached hydrogen (secondary N) is 1. The zero-order valence-corrected chi connectivity index (χ0v) is 23.9. The van der Waals surface area contributed by atoms with Crippen LogP contribution < -0.4 is 5.32 Å². The summed E-state index contributed by atoms with van der Waals surface area (Å²) in [5, 5.41) is 4.71. The normalized spacial score (nSPS) is 15.5. The third-order valence-corrected chi connectivity index (χ3v) is 9.71. The molecule has 1 aliphatic heterocycles. The van der Waals surface area contributed by atoms with Gasteiger partial charge in [0.05, 0.1) is 17.5 Å². The molecule has 9 heteroatoms. The fourth-order valence-corrected chi connectivity index (χ4v) is 7.11. The van der Waals surface area contributed by atoms with Gasteiger partial charge in [-0.05, 0) is 78.1 Å². The lowest BCUT2D eigenvalue weighted by Crippen LogP contribution is -2.47. The van der Waals surface area contributed by atoms with E-state index in [2.05, 4.69) is 22.8 Å². The quantitative estimate of drug-likeness (QED) is 0.393. The van der Waals surface area contributed by atoms with E-state index in [0.29, 0.717) is 18.7 Å². The minimum Gasteiger partial charge on any atom is -0.330 e. The molecular weight excluding hydrogens is 518 g/mol. The second-order valence-corrected chi connectivity index (χ2v) is 13.1. The number of hydrogen-bond acceptors (Lipinski definition) is 5. The Morgan fingerprint density at radius 1 is 1.08 bits per heavy atom. The Balaban J connectivity index is 1.64. The van der Waals surface area contributed by atoms with Gasteiger partial charge in [-0.3, -0.25) is 9.59 Å². The smallest absolute Gasteiger partial charge is 0.243 e. The monoisotopic (exact) mass is 553 g/mol. The molecule has 202 valence electrons. The van der Waals surface area contributed by atoms with E-state index < -0.39 is 10.0 Å². The summed E-state index contributed by atoms with van der Waals surface area (Å²) in [6.07, 6.45) is 1.39. The summed E-state index contributed by atoms with van der Waals surface area (Å²) in [7, 11) is -3.94. The summed E-state index contributed by atoms with van der Waals surface area (Å²) in [6.45, 7) is 8.05. The first kappa shape index (κ1) is 28.0. The van der Waals surface area contributed by atoms with Crippen LogP contribution in [-0.2, 0) is 26.0 Å². The number of nitrogens with zero attached hydrogens (tertiary/aromatic N) is 2. The number of thiophene rings is 1. The second-order valence-electron chi connectivity index (χ2n) is 10.1. The predicted octanol–water partition coefficient (Wildman–Crippen LogP) is 5.23. The molecule has 2 amide bonds. The van der Waals surface area contributed by atoms with Gasteiger partial charge < -0.3 is 10.2 Å². The van der Waals surface area contributed by atoms with E-state index in [1.165, 1.54) is 28.2 Å². The summed E-state index contributed by atoms with van der Waals surface area (Å²) in [5.41, 5.74) is 3.79. The molecule has 0 radical (unpaired) electrons. The van der Waals surface area contributed by atoms with Gasteiger partial charge in [-0.25, -0.2) is 8.42 Å². The van der Waals surface area contributed by atoms with Crippen LogP contribution in [0.15, 0.2) is 64.9 Å². The van der Waals surface area contributed by atoms with Crippen LogP contribution in [0.2, 0.25) is 0 Å². The average Bonchev–Trinajstić information content (AvgIpc) is 3.35. The van der Waals surface area contributed by atoms with Gasteiger partial charge in [0.15, 0.2) is 0 Å². The Kier molecular flexibility index (Phi) is 8.70. The molecule has 0 unspecified atom stereocenters. The molecule has 2 heterocycles. The van der Waals surface area contributed by atoms with E-state index in [9.17, 15) is 18.0 Å². The largest absolute Gasteiger partial charge is 0.330 e. The van der Waals surface area contributed by atoms with Crippen molar-refractivity contribution in [2.24, 2.45) is 5.92 Å². The maximum atomic E-state index is 13.9. The maximum absolute atomic E-state index is 13.9. The Hall–Kier alpha value is -3.01. The number of amides is 2. The minimum absolute atomic E-state index is 0.0948. The highest BCUT2D eigenvalue weighted by molar-refractivity contribution is 7.89. The van der Waals surface area contributed by atoms with Crippen molar-refractivity contribution in [1.29, 1.82) is 0 Å². The molecule has 1 aromatic heterocycles. The molecule has 0 saturated heterocycles. The highest BCUT2D eigenvalue weighted by atomic mass is 32.2. The number of anilines is 1. The van der Waals surface area contributed by atoms with Crippen LogP contribution in [0.4, 0.5) is 5.69 Å². The summed E-state index contributed by atoms with van der Waals surface area (Å²) < 4.78 is 28.8. The van der Waals surface area contributed by atoms with Crippen molar-refractivity contribution < 1.29 is 18.0 Å². The fourth-order valence-electron chi connectivity index (χ4n) is 4.80. The van der Waals surface area contributed by atoms with Gasteiger partial charge >= 0.3 is 0 Å². The number of rotatable bonds is 9. The lowest BCUT2D eigenvalue weighted by atomic mass is 9.90. The van der Waals surface area contributed by atoms with Crippen LogP contribution in [0, 0.1) is 12.8 Å². The topological polar surface area (TPSA) is 86.8 Å². The number of aryl methyl sites for hydroxylation is 1. The average molecular weight is 554 g/mol. The van der Waals surface area contributed by atoms with Gasteiger partial charge in [0.25, 0.3) is 0 Å². The summed E-state index contributed by atoms with van der Waals surface area (Å²) in [6, 6.07) is 16.0. The van der Waals surface area contributed by atoms with Crippen molar-refractivity contribution in [2.45, 2.75) is 51.5 Å². The van der Waals surface area contributed by atoms with Crippen LogP contribution in [0.25, 0.3) is 0 Å². The third kappa shape index (κ3) is 6.17. The number of carbonyl (C=O) groups is 2. The van der Waals surface area contributed by atoms with E-state index in [1.807, 2.05) is 43.9 Å². The van der Waals surface area contributed by atoms with Crippen molar-refractivity contribution in [2.75, 3.05) is 25.0 Å². The van der Waals surface area contributed by atoms with Crippen LogP contribution in [-0.4, -0.2) is 49.1 Å². The zero-order chi connectivity index (χ0) is 27.4. The summed E-state index contributed by atoms with van der Waals surface area (Å²) >= 11 is 1.70. The van der Waals surface area contributed by atoms with Crippen LogP contribution in [0.1, 0.15) is 54.8 Å². The van der Waals surface area contributed by atoms with Gasteiger partial charge in [0.1, 0.15) is 0 Å². The zero-order valence-electron chi connectivity index (χ0n) is 22.3. The van der Waals surface area contributed by atoms with Crippen LogP contribution in [0.5, 0.6) is 0 Å². The van der Waals surface area contributed by atoms with Crippen molar-refractivity contribution in [3.63, 3.8) is 0 Å². The number of carbonyl (C=O) groups excluding carboxylic acids is 2. The number of benzene rings is 2. The molecule has 3 aromatic rings. The molecule has 0 bridgehead atoms. The number of hydrogen-bond donors (Lipinski definition) is 1. The molecule has 4 rings (SSSR count). The van der Waals surface area contributed by atoms with E-state index in [-0.39, 0.29) is 41.8 Å². The first-order valence-electron chi connectivity index (χ1n) is 12.9. The van der Waals surface area contributed by atoms with E-state index in [4.69, 9.17) is 0 Å². The second kappa shape index (κ2) is 11.8. The highest BCUT2D eigenvalue weighted by Crippen LogP contribution is 2.39. The van der Waals surface area contributed by atoms with Crippen molar-refractivity contribution in [3.8, 4) is 0 Å². The summed E-state index contributed by atoms with van der Waals surface area (Å²) in [5.74, 6) is -0.173. The lowest BCUT2D eigenvalue weighted by Gasteiger charge is -2.38. The standard InChI is InChI=1S/C29H35N3O4S2/c1-20(2)13-16-31(38(35,36)24-11-9-23(10-12-24)30-22(4)33)19-28(34)32-17-14-27-26(15-18-37-27)29(32)25-8-6-5-7-21(25)3/h5-12,15,18,20,29H,13-14,16-17,19H2,1-4H3,(H,30,33)/t29-/m0/s1. The number of sulfonamides is 1. The number of fused-ring (bicyclic) bond motifs is 1. The SMILES string of the molecule is CC(=O)Nc1ccc(S(=O)(=O)N(CCC(C)C)CC(=O)N2CCc3sccc3[C@@H]2c2ccccc2C)cc1. The molecular formula is C29H35N3O4S2.